The molecule has 0 fully saturated rings. The Morgan fingerprint density at radius 3 is 2.70 bits per heavy atom. The third-order valence-corrected chi connectivity index (χ3v) is 3.54. The number of hydrogen-bond acceptors (Lipinski definition) is 3. The van der Waals surface area contributed by atoms with Crippen molar-refractivity contribution in [2.75, 3.05) is 0 Å². The molecule has 7 heteroatoms. The highest BCUT2D eigenvalue weighted by Gasteiger charge is 2.38. The van der Waals surface area contributed by atoms with Crippen molar-refractivity contribution in [3.63, 3.8) is 0 Å². The van der Waals surface area contributed by atoms with Crippen molar-refractivity contribution in [3.05, 3.63) is 40.9 Å². The van der Waals surface area contributed by atoms with E-state index in [1.54, 1.807) is 10.7 Å². The standard InChI is InChI=1S/C13H11F3N2OS/c1-8-4-2-3-5-10(8)11-18-9(7-20-11)6-17-12(19)13(14,15)16/h2-5,7H,6H2,1H3,(H,17,19). The minimum absolute atomic E-state index is 0.235. The maximum atomic E-state index is 12.0. The van der Waals surface area contributed by atoms with Crippen LogP contribution in [-0.4, -0.2) is 17.1 Å². The number of alkyl halides is 3. The van der Waals surface area contributed by atoms with Crippen LogP contribution in [0.3, 0.4) is 0 Å². The second-order valence-electron chi connectivity index (χ2n) is 4.14. The summed E-state index contributed by atoms with van der Waals surface area (Å²) in [6, 6.07) is 7.60. The van der Waals surface area contributed by atoms with Crippen LogP contribution in [0.1, 0.15) is 11.3 Å². The van der Waals surface area contributed by atoms with E-state index in [0.29, 0.717) is 5.69 Å². The van der Waals surface area contributed by atoms with Crippen molar-refractivity contribution in [1.29, 1.82) is 0 Å². The molecule has 2 aromatic rings. The first kappa shape index (κ1) is 14.5. The Balaban J connectivity index is 2.07. The van der Waals surface area contributed by atoms with Crippen LogP contribution in [0.2, 0.25) is 0 Å². The van der Waals surface area contributed by atoms with Crippen LogP contribution in [0.5, 0.6) is 0 Å². The zero-order chi connectivity index (χ0) is 14.8. The van der Waals surface area contributed by atoms with E-state index < -0.39 is 12.1 Å². The molecule has 0 unspecified atom stereocenters. The number of benzene rings is 1. The highest BCUT2D eigenvalue weighted by Crippen LogP contribution is 2.26. The summed E-state index contributed by atoms with van der Waals surface area (Å²) in [5, 5.41) is 4.16. The van der Waals surface area contributed by atoms with Gasteiger partial charge < -0.3 is 5.32 Å². The number of rotatable bonds is 3. The lowest BCUT2D eigenvalue weighted by molar-refractivity contribution is -0.173. The summed E-state index contributed by atoms with van der Waals surface area (Å²) in [4.78, 5) is 14.9. The van der Waals surface area contributed by atoms with Gasteiger partial charge in [0.1, 0.15) is 5.01 Å². The molecule has 0 bridgehead atoms. The smallest absolute Gasteiger partial charge is 0.343 e. The zero-order valence-electron chi connectivity index (χ0n) is 10.5. The summed E-state index contributed by atoms with van der Waals surface area (Å²) in [6.45, 7) is 1.70. The monoisotopic (exact) mass is 300 g/mol. The van der Waals surface area contributed by atoms with Crippen LogP contribution in [0.15, 0.2) is 29.6 Å². The van der Waals surface area contributed by atoms with E-state index >= 15 is 0 Å². The first-order chi connectivity index (χ1) is 9.38. The minimum atomic E-state index is -4.87. The van der Waals surface area contributed by atoms with Crippen molar-refractivity contribution in [1.82, 2.24) is 10.3 Å². The van der Waals surface area contributed by atoms with Gasteiger partial charge in [0.15, 0.2) is 0 Å². The van der Waals surface area contributed by atoms with Crippen LogP contribution in [-0.2, 0) is 11.3 Å². The van der Waals surface area contributed by atoms with Gasteiger partial charge in [-0.15, -0.1) is 11.3 Å². The van der Waals surface area contributed by atoms with Crippen molar-refractivity contribution < 1.29 is 18.0 Å². The van der Waals surface area contributed by atoms with Gasteiger partial charge in [0.25, 0.3) is 0 Å². The Kier molecular flexibility index (Phi) is 4.08. The molecule has 0 saturated heterocycles. The number of carbonyl (C=O) groups is 1. The maximum Gasteiger partial charge on any atom is 0.471 e. The summed E-state index contributed by atoms with van der Waals surface area (Å²) in [5.74, 6) is -1.96. The van der Waals surface area contributed by atoms with Gasteiger partial charge in [-0.3, -0.25) is 4.79 Å². The van der Waals surface area contributed by atoms with E-state index in [1.165, 1.54) is 11.3 Å². The first-order valence-electron chi connectivity index (χ1n) is 5.73. The molecule has 1 aromatic carbocycles. The molecular weight excluding hydrogens is 289 g/mol. The highest BCUT2D eigenvalue weighted by atomic mass is 32.1. The van der Waals surface area contributed by atoms with E-state index in [9.17, 15) is 18.0 Å². The van der Waals surface area contributed by atoms with Crippen LogP contribution in [0.25, 0.3) is 10.6 Å². The molecule has 106 valence electrons. The Labute approximate surface area is 117 Å². The Morgan fingerprint density at radius 2 is 2.05 bits per heavy atom. The molecule has 1 amide bonds. The number of aryl methyl sites for hydroxylation is 1. The fourth-order valence-corrected chi connectivity index (χ4v) is 2.51. The number of amides is 1. The number of hydrogen-bond donors (Lipinski definition) is 1. The van der Waals surface area contributed by atoms with Crippen LogP contribution >= 0.6 is 11.3 Å². The normalized spacial score (nSPS) is 11.4. The number of carbonyl (C=O) groups excluding carboxylic acids is 1. The Morgan fingerprint density at radius 1 is 1.35 bits per heavy atom. The zero-order valence-corrected chi connectivity index (χ0v) is 11.3. The van der Waals surface area contributed by atoms with Gasteiger partial charge in [-0.1, -0.05) is 24.3 Å². The van der Waals surface area contributed by atoms with Crippen molar-refractivity contribution in [3.8, 4) is 10.6 Å². The predicted molar refractivity (Wildman–Crippen MR) is 70.2 cm³/mol. The van der Waals surface area contributed by atoms with Crippen molar-refractivity contribution >= 4 is 17.2 Å². The number of thiazole rings is 1. The SMILES string of the molecule is Cc1ccccc1-c1nc(CNC(=O)C(F)(F)F)cs1. The summed E-state index contributed by atoms with van der Waals surface area (Å²) in [5.41, 5.74) is 2.38. The maximum absolute atomic E-state index is 12.0. The van der Waals surface area contributed by atoms with Crippen LogP contribution in [0.4, 0.5) is 13.2 Å². The second-order valence-corrected chi connectivity index (χ2v) is 5.00. The fourth-order valence-electron chi connectivity index (χ4n) is 1.60. The van der Waals surface area contributed by atoms with Gasteiger partial charge in [0.05, 0.1) is 12.2 Å². The van der Waals surface area contributed by atoms with E-state index in [4.69, 9.17) is 0 Å². The molecule has 0 atom stereocenters. The summed E-state index contributed by atoms with van der Waals surface area (Å²) in [7, 11) is 0. The lowest BCUT2D eigenvalue weighted by atomic mass is 10.1. The summed E-state index contributed by atoms with van der Waals surface area (Å²) >= 11 is 1.33. The quantitative estimate of drug-likeness (QED) is 0.945. The van der Waals surface area contributed by atoms with Gasteiger partial charge in [0.2, 0.25) is 0 Å². The van der Waals surface area contributed by atoms with Crippen LogP contribution in [0, 0.1) is 6.92 Å². The molecule has 20 heavy (non-hydrogen) atoms. The van der Waals surface area contributed by atoms with Gasteiger partial charge in [-0.2, -0.15) is 13.2 Å². The molecule has 0 spiro atoms. The van der Waals surface area contributed by atoms with Gasteiger partial charge in [-0.25, -0.2) is 4.98 Å². The third kappa shape index (κ3) is 3.36. The third-order valence-electron chi connectivity index (χ3n) is 2.61. The number of aromatic nitrogens is 1. The molecule has 1 aromatic heterocycles. The second kappa shape index (κ2) is 5.62. The Hall–Kier alpha value is -1.89. The molecule has 0 aliphatic heterocycles. The van der Waals surface area contributed by atoms with Crippen molar-refractivity contribution in [2.24, 2.45) is 0 Å². The molecular formula is C13H11F3N2OS. The molecule has 0 radical (unpaired) electrons. The number of nitrogens with zero attached hydrogens (tertiary/aromatic N) is 1. The molecule has 1 heterocycles. The molecule has 0 aliphatic carbocycles. The molecule has 1 N–H and O–H groups in total. The molecule has 2 rings (SSSR count). The van der Waals surface area contributed by atoms with Gasteiger partial charge >= 0.3 is 12.1 Å². The van der Waals surface area contributed by atoms with E-state index in [-0.39, 0.29) is 6.54 Å². The number of nitrogens with one attached hydrogen (secondary N) is 1. The molecule has 0 saturated carbocycles. The summed E-state index contributed by atoms with van der Waals surface area (Å²) in [6.07, 6.45) is -4.87. The van der Waals surface area contributed by atoms with Crippen LogP contribution < -0.4 is 5.32 Å². The average Bonchev–Trinajstić information content (AvgIpc) is 2.84. The first-order valence-corrected chi connectivity index (χ1v) is 6.61. The summed E-state index contributed by atoms with van der Waals surface area (Å²) < 4.78 is 36.1. The largest absolute Gasteiger partial charge is 0.471 e. The predicted octanol–water partition coefficient (Wildman–Crippen LogP) is 3.30. The Bertz CT molecular complexity index is 622. The lowest BCUT2D eigenvalue weighted by Gasteiger charge is -2.05. The van der Waals surface area contributed by atoms with E-state index in [2.05, 4.69) is 4.98 Å². The van der Waals surface area contributed by atoms with Crippen molar-refractivity contribution in [2.45, 2.75) is 19.6 Å². The topological polar surface area (TPSA) is 42.0 Å². The fraction of sp³-hybridized carbons (Fsp3) is 0.231. The highest BCUT2D eigenvalue weighted by molar-refractivity contribution is 7.13. The van der Waals surface area contributed by atoms with E-state index in [1.807, 2.05) is 31.2 Å². The van der Waals surface area contributed by atoms with Gasteiger partial charge in [-0.05, 0) is 12.5 Å². The number of halogens is 3. The lowest BCUT2D eigenvalue weighted by Crippen LogP contribution is -2.36. The minimum Gasteiger partial charge on any atom is -0.343 e. The molecule has 3 nitrogen and oxygen atoms in total. The van der Waals surface area contributed by atoms with Gasteiger partial charge in [0, 0.05) is 10.9 Å². The average molecular weight is 300 g/mol. The molecule has 0 aliphatic rings. The van der Waals surface area contributed by atoms with E-state index in [0.717, 1.165) is 16.1 Å².